The highest BCUT2D eigenvalue weighted by atomic mass is 35.5. The first-order chi connectivity index (χ1) is 27.0. The number of aliphatic hydroxyl groups excluding tert-OH is 1. The molecule has 0 saturated carbocycles. The monoisotopic (exact) mass is 768 g/mol. The van der Waals surface area contributed by atoms with E-state index < -0.39 is 6.10 Å². The van der Waals surface area contributed by atoms with Gasteiger partial charge in [-0.3, -0.25) is 4.98 Å². The lowest BCUT2D eigenvalue weighted by molar-refractivity contribution is -0.984. The number of methoxy groups -OCH3 is 1. The van der Waals surface area contributed by atoms with Crippen molar-refractivity contribution in [1.82, 2.24) is 4.98 Å². The number of ether oxygens (including phenoxy) is 4. The van der Waals surface area contributed by atoms with Crippen molar-refractivity contribution in [2.45, 2.75) is 51.4 Å². The molecule has 288 valence electrons. The molecular formula is C48H49ClN2O5. The van der Waals surface area contributed by atoms with Gasteiger partial charge in [0, 0.05) is 35.9 Å². The molecule has 7 nitrogen and oxygen atoms in total. The highest BCUT2D eigenvalue weighted by Gasteiger charge is 2.54. The standard InChI is InChI=1S/C48H49N2O5.ClH/c1-3-38-30-50(24-22-39(38)27-44(50)47(51)41-21-23-49-43-20-19-40(52-2)28-42(41)43)29-37-25-45(53-31-34-13-7-4-8-14-34)48(55-33-36-17-11-6-12-18-36)46(26-37)54-32-35-15-9-5-10-16-35;/h3-21,23,25-26,28,38-39,44,47,51H,1,22,24,27,29-33H2,2H3;1H/q+1;/p-1/t38?,39?,44-,47+,50?;/m0./s1. The number of rotatable bonds is 15. The fraction of sp³-hybridized carbons (Fsp3) is 0.271. The first-order valence-corrected chi connectivity index (χ1v) is 19.3. The normalized spacial score (nSPS) is 20.4. The number of benzene rings is 5. The zero-order valence-corrected chi connectivity index (χ0v) is 32.6. The summed E-state index contributed by atoms with van der Waals surface area (Å²) in [5.41, 5.74) is 5.98. The number of nitrogens with zero attached hydrogens (tertiary/aromatic N) is 2. The predicted molar refractivity (Wildman–Crippen MR) is 216 cm³/mol. The largest absolute Gasteiger partial charge is 1.00 e. The maximum absolute atomic E-state index is 12.5. The van der Waals surface area contributed by atoms with E-state index in [9.17, 15) is 5.11 Å². The number of hydrogen-bond donors (Lipinski definition) is 1. The number of hydrogen-bond acceptors (Lipinski definition) is 6. The van der Waals surface area contributed by atoms with Crippen LogP contribution >= 0.6 is 0 Å². The molecule has 0 aliphatic carbocycles. The quantitative estimate of drug-likeness (QED) is 0.0936. The molecule has 0 amide bonds. The molecule has 1 N–H and O–H groups in total. The number of fused-ring (bicyclic) bond motifs is 4. The van der Waals surface area contributed by atoms with Crippen LogP contribution in [0, 0.1) is 11.8 Å². The fourth-order valence-corrected chi connectivity index (χ4v) is 8.76. The lowest BCUT2D eigenvalue weighted by atomic mass is 9.71. The molecule has 2 bridgehead atoms. The second-order valence-corrected chi connectivity index (χ2v) is 15.0. The van der Waals surface area contributed by atoms with Gasteiger partial charge in [0.2, 0.25) is 5.75 Å². The molecule has 3 aliphatic rings. The summed E-state index contributed by atoms with van der Waals surface area (Å²) in [6.07, 6.45) is 5.22. The smallest absolute Gasteiger partial charge is 0.203 e. The summed E-state index contributed by atoms with van der Waals surface area (Å²) in [5, 5.41) is 13.4. The van der Waals surface area contributed by atoms with Gasteiger partial charge in [0.15, 0.2) is 11.5 Å². The van der Waals surface area contributed by atoms with Crippen molar-refractivity contribution in [2.24, 2.45) is 11.8 Å². The Labute approximate surface area is 336 Å². The van der Waals surface area contributed by atoms with E-state index in [0.29, 0.717) is 55.4 Å². The molecule has 5 aromatic carbocycles. The summed E-state index contributed by atoms with van der Waals surface area (Å²) in [7, 11) is 1.67. The zero-order valence-electron chi connectivity index (χ0n) is 31.8. The number of quaternary nitrogens is 1. The van der Waals surface area contributed by atoms with Crippen LogP contribution in [0.2, 0.25) is 0 Å². The molecule has 6 aromatic rings. The van der Waals surface area contributed by atoms with Gasteiger partial charge in [-0.15, -0.1) is 6.58 Å². The third kappa shape index (κ3) is 8.41. The van der Waals surface area contributed by atoms with E-state index in [2.05, 4.69) is 66.2 Å². The Morgan fingerprint density at radius 1 is 0.768 bits per heavy atom. The Kier molecular flexibility index (Phi) is 12.3. The average molecular weight is 769 g/mol. The van der Waals surface area contributed by atoms with Gasteiger partial charge >= 0.3 is 0 Å². The van der Waals surface area contributed by atoms with Gasteiger partial charge in [0.05, 0.1) is 25.7 Å². The van der Waals surface area contributed by atoms with Crippen molar-refractivity contribution in [3.8, 4) is 23.0 Å². The third-order valence-corrected chi connectivity index (χ3v) is 11.6. The Balaban J connectivity index is 0.00000480. The number of aliphatic hydroxyl groups is 1. The number of pyridine rings is 1. The lowest BCUT2D eigenvalue weighted by Crippen LogP contribution is -3.00. The van der Waals surface area contributed by atoms with Crippen LogP contribution in [0.3, 0.4) is 0 Å². The topological polar surface area (TPSA) is 70.0 Å². The first-order valence-electron chi connectivity index (χ1n) is 19.3. The van der Waals surface area contributed by atoms with Crippen molar-refractivity contribution in [2.75, 3.05) is 20.2 Å². The van der Waals surface area contributed by atoms with Gasteiger partial charge in [0.25, 0.3) is 0 Å². The van der Waals surface area contributed by atoms with Crippen molar-refractivity contribution < 1.29 is 40.9 Å². The maximum Gasteiger partial charge on any atom is 0.203 e. The Morgan fingerprint density at radius 2 is 1.36 bits per heavy atom. The van der Waals surface area contributed by atoms with E-state index >= 15 is 0 Å². The fourth-order valence-electron chi connectivity index (χ4n) is 8.76. The van der Waals surface area contributed by atoms with Crippen LogP contribution in [0.15, 0.2) is 146 Å². The van der Waals surface area contributed by atoms with Crippen LogP contribution in [-0.2, 0) is 26.4 Å². The number of halogens is 1. The van der Waals surface area contributed by atoms with Gasteiger partial charge in [-0.05, 0) is 64.6 Å². The molecule has 0 spiro atoms. The van der Waals surface area contributed by atoms with Gasteiger partial charge < -0.3 is 40.9 Å². The Morgan fingerprint density at radius 3 is 1.93 bits per heavy atom. The highest BCUT2D eigenvalue weighted by Crippen LogP contribution is 2.49. The molecule has 3 unspecified atom stereocenters. The van der Waals surface area contributed by atoms with E-state index in [1.54, 1.807) is 7.11 Å². The van der Waals surface area contributed by atoms with Gasteiger partial charge in [-0.2, -0.15) is 0 Å². The van der Waals surface area contributed by atoms with Crippen LogP contribution in [-0.4, -0.2) is 40.8 Å². The molecule has 3 fully saturated rings. The molecular weight excluding hydrogens is 720 g/mol. The first kappa shape index (κ1) is 38.9. The summed E-state index contributed by atoms with van der Waals surface area (Å²) < 4.78 is 26.3. The zero-order chi connectivity index (χ0) is 37.6. The predicted octanol–water partition coefficient (Wildman–Crippen LogP) is 6.63. The van der Waals surface area contributed by atoms with E-state index in [1.165, 1.54) is 0 Å². The van der Waals surface area contributed by atoms with E-state index in [-0.39, 0.29) is 18.4 Å². The SMILES string of the molecule is C=CC1C[N+]2(Cc3cc(OCc4ccccc4)c(OCc4ccccc4)c(OCc4ccccc4)c3)CCC1C[C@H]2[C@H](O)c1ccnc2ccc(OC)cc12.[Cl-]. The minimum Gasteiger partial charge on any atom is -1.00 e. The minimum atomic E-state index is -0.706. The van der Waals surface area contributed by atoms with E-state index in [0.717, 1.165) is 74.9 Å². The Bertz CT molecular complexity index is 2160. The summed E-state index contributed by atoms with van der Waals surface area (Å²) in [5.74, 6) is 3.43. The van der Waals surface area contributed by atoms with Crippen molar-refractivity contribution in [3.05, 3.63) is 174 Å². The van der Waals surface area contributed by atoms with E-state index in [1.807, 2.05) is 85.1 Å². The Hall–Kier alpha value is -5.34. The maximum atomic E-state index is 12.5. The molecule has 3 aliphatic heterocycles. The molecule has 3 saturated heterocycles. The third-order valence-electron chi connectivity index (χ3n) is 11.6. The van der Waals surface area contributed by atoms with Crippen LogP contribution in [0.1, 0.15) is 46.8 Å². The van der Waals surface area contributed by atoms with Crippen LogP contribution in [0.25, 0.3) is 10.9 Å². The van der Waals surface area contributed by atoms with Crippen LogP contribution < -0.4 is 31.4 Å². The molecule has 0 radical (unpaired) electrons. The minimum absolute atomic E-state index is 0. The second kappa shape index (κ2) is 17.6. The summed E-state index contributed by atoms with van der Waals surface area (Å²) in [6, 6.07) is 42.6. The van der Waals surface area contributed by atoms with Gasteiger partial charge in [-0.1, -0.05) is 97.1 Å². The van der Waals surface area contributed by atoms with Crippen LogP contribution in [0.4, 0.5) is 0 Å². The summed E-state index contributed by atoms with van der Waals surface area (Å²) in [6.45, 7) is 7.93. The van der Waals surface area contributed by atoms with Crippen molar-refractivity contribution in [1.29, 1.82) is 0 Å². The molecule has 8 heteroatoms. The van der Waals surface area contributed by atoms with E-state index in [4.69, 9.17) is 18.9 Å². The molecule has 5 atom stereocenters. The number of aromatic nitrogens is 1. The highest BCUT2D eigenvalue weighted by molar-refractivity contribution is 5.84. The lowest BCUT2D eigenvalue weighted by Gasteiger charge is -2.58. The molecule has 9 rings (SSSR count). The van der Waals surface area contributed by atoms with Crippen LogP contribution in [0.5, 0.6) is 23.0 Å². The van der Waals surface area contributed by atoms with Crippen molar-refractivity contribution >= 4 is 10.9 Å². The van der Waals surface area contributed by atoms with Gasteiger partial charge in [0.1, 0.15) is 44.3 Å². The molecule has 1 aromatic heterocycles. The second-order valence-electron chi connectivity index (χ2n) is 15.0. The average Bonchev–Trinajstić information content (AvgIpc) is 3.24. The van der Waals surface area contributed by atoms with Gasteiger partial charge in [-0.25, -0.2) is 0 Å². The molecule has 56 heavy (non-hydrogen) atoms. The molecule has 4 heterocycles. The van der Waals surface area contributed by atoms with Crippen molar-refractivity contribution in [3.63, 3.8) is 0 Å². The summed E-state index contributed by atoms with van der Waals surface area (Å²) in [4.78, 5) is 4.62. The number of piperidine rings is 3. The summed E-state index contributed by atoms with van der Waals surface area (Å²) >= 11 is 0.